The number of benzene rings is 3. The second-order valence-corrected chi connectivity index (χ2v) is 6.73. The van der Waals surface area contributed by atoms with Crippen molar-refractivity contribution in [2.45, 2.75) is 4.90 Å². The number of hydrogen-bond acceptors (Lipinski definition) is 7. The van der Waals surface area contributed by atoms with Crippen molar-refractivity contribution < 1.29 is 18.1 Å². The maximum absolute atomic E-state index is 11.3. The van der Waals surface area contributed by atoms with Gasteiger partial charge in [0.25, 0.3) is 10.1 Å². The fourth-order valence-electron chi connectivity index (χ4n) is 2.32. The number of nitrogens with zero attached hydrogens (tertiary/aromatic N) is 2. The minimum Gasteiger partial charge on any atom is -0.505 e. The van der Waals surface area contributed by atoms with Crippen molar-refractivity contribution in [1.82, 2.24) is 0 Å². The molecule has 6 N–H and O–H groups in total. The summed E-state index contributed by atoms with van der Waals surface area (Å²) in [4.78, 5) is -0.354. The van der Waals surface area contributed by atoms with E-state index in [1.807, 2.05) is 0 Å². The van der Waals surface area contributed by atoms with Crippen LogP contribution in [0.15, 0.2) is 63.7 Å². The molecule has 0 fully saturated rings. The Morgan fingerprint density at radius 3 is 2.24 bits per heavy atom. The first kappa shape index (κ1) is 16.7. The highest BCUT2D eigenvalue weighted by Crippen LogP contribution is 2.39. The van der Waals surface area contributed by atoms with Crippen LogP contribution in [0.3, 0.4) is 0 Å². The topological polar surface area (TPSA) is 151 Å². The fraction of sp³-hybridized carbons (Fsp3) is 0. The minimum absolute atomic E-state index is 0.00726. The molecule has 0 aliphatic heterocycles. The van der Waals surface area contributed by atoms with Gasteiger partial charge in [-0.05, 0) is 47.9 Å². The van der Waals surface area contributed by atoms with Gasteiger partial charge in [0, 0.05) is 16.8 Å². The second kappa shape index (κ2) is 6.04. The van der Waals surface area contributed by atoms with Gasteiger partial charge in [-0.1, -0.05) is 6.07 Å². The zero-order valence-corrected chi connectivity index (χ0v) is 13.6. The monoisotopic (exact) mass is 358 g/mol. The number of anilines is 2. The van der Waals surface area contributed by atoms with Crippen LogP contribution < -0.4 is 11.5 Å². The van der Waals surface area contributed by atoms with E-state index >= 15 is 0 Å². The lowest BCUT2D eigenvalue weighted by molar-refractivity contribution is 0.481. The third-order valence-electron chi connectivity index (χ3n) is 3.54. The molecule has 0 spiro atoms. The highest BCUT2D eigenvalue weighted by Gasteiger charge is 2.16. The van der Waals surface area contributed by atoms with Crippen molar-refractivity contribution in [3.63, 3.8) is 0 Å². The van der Waals surface area contributed by atoms with Crippen LogP contribution in [0, 0.1) is 0 Å². The van der Waals surface area contributed by atoms with Gasteiger partial charge >= 0.3 is 0 Å². The highest BCUT2D eigenvalue weighted by atomic mass is 32.2. The molecule has 3 aromatic carbocycles. The Kier molecular flexibility index (Phi) is 4.03. The molecule has 0 radical (unpaired) electrons. The molecule has 0 saturated heterocycles. The maximum atomic E-state index is 11.3. The van der Waals surface area contributed by atoms with Crippen LogP contribution in [0.4, 0.5) is 22.7 Å². The standard InChI is InChI=1S/C16H14N4O4S/c17-10-2-4-11(5-3-10)19-20-14-6-1-9-7-12(25(22,23)24)8-13(18)15(9)16(14)21/h1-8,21H,17-18H2,(H,22,23,24). The maximum Gasteiger partial charge on any atom is 0.294 e. The van der Waals surface area contributed by atoms with Crippen molar-refractivity contribution >= 4 is 43.6 Å². The van der Waals surface area contributed by atoms with Gasteiger partial charge in [-0.3, -0.25) is 4.55 Å². The quantitative estimate of drug-likeness (QED) is 0.320. The molecular formula is C16H14N4O4S. The third-order valence-corrected chi connectivity index (χ3v) is 4.37. The summed E-state index contributed by atoms with van der Waals surface area (Å²) in [7, 11) is -4.40. The summed E-state index contributed by atoms with van der Waals surface area (Å²) in [5.74, 6) is -0.240. The number of nitrogen functional groups attached to an aromatic ring is 2. The summed E-state index contributed by atoms with van der Waals surface area (Å²) in [5.41, 5.74) is 12.7. The van der Waals surface area contributed by atoms with E-state index in [0.29, 0.717) is 16.8 Å². The molecule has 0 atom stereocenters. The zero-order chi connectivity index (χ0) is 18.2. The Morgan fingerprint density at radius 2 is 1.60 bits per heavy atom. The first-order valence-corrected chi connectivity index (χ1v) is 8.50. The van der Waals surface area contributed by atoms with Crippen LogP contribution in [-0.2, 0) is 10.1 Å². The lowest BCUT2D eigenvalue weighted by Crippen LogP contribution is -2.00. The van der Waals surface area contributed by atoms with E-state index in [9.17, 15) is 13.5 Å². The predicted octanol–water partition coefficient (Wildman–Crippen LogP) is 3.37. The van der Waals surface area contributed by atoms with E-state index in [4.69, 9.17) is 16.0 Å². The van der Waals surface area contributed by atoms with Crippen LogP contribution in [0.5, 0.6) is 5.75 Å². The molecule has 25 heavy (non-hydrogen) atoms. The second-order valence-electron chi connectivity index (χ2n) is 5.31. The smallest absolute Gasteiger partial charge is 0.294 e. The summed E-state index contributed by atoms with van der Waals surface area (Å²) < 4.78 is 31.7. The molecule has 0 heterocycles. The normalized spacial score (nSPS) is 12.0. The Morgan fingerprint density at radius 1 is 0.920 bits per heavy atom. The number of rotatable bonds is 3. The summed E-state index contributed by atoms with van der Waals surface area (Å²) in [6.07, 6.45) is 0. The van der Waals surface area contributed by atoms with E-state index in [0.717, 1.165) is 6.07 Å². The Balaban J connectivity index is 2.08. The highest BCUT2D eigenvalue weighted by molar-refractivity contribution is 7.85. The number of nitrogens with two attached hydrogens (primary N) is 2. The molecule has 0 saturated carbocycles. The molecule has 0 bridgehead atoms. The molecule has 0 aliphatic carbocycles. The first-order valence-electron chi connectivity index (χ1n) is 7.05. The van der Waals surface area contributed by atoms with Gasteiger partial charge in [-0.25, -0.2) is 0 Å². The Labute approximate surface area is 143 Å². The van der Waals surface area contributed by atoms with Gasteiger partial charge in [0.05, 0.1) is 10.6 Å². The van der Waals surface area contributed by atoms with Crippen molar-refractivity contribution in [2.75, 3.05) is 11.5 Å². The van der Waals surface area contributed by atoms with Crippen molar-refractivity contribution in [2.24, 2.45) is 10.2 Å². The molecule has 0 aliphatic rings. The molecule has 3 aromatic rings. The molecule has 128 valence electrons. The fourth-order valence-corrected chi connectivity index (χ4v) is 2.87. The lowest BCUT2D eigenvalue weighted by Gasteiger charge is -2.08. The van der Waals surface area contributed by atoms with Gasteiger partial charge in [-0.15, -0.1) is 5.11 Å². The predicted molar refractivity (Wildman–Crippen MR) is 94.9 cm³/mol. The van der Waals surface area contributed by atoms with Crippen LogP contribution in [-0.4, -0.2) is 18.1 Å². The number of hydrogen-bond donors (Lipinski definition) is 4. The van der Waals surface area contributed by atoms with Crippen LogP contribution >= 0.6 is 0 Å². The molecule has 9 heteroatoms. The van der Waals surface area contributed by atoms with E-state index in [-0.39, 0.29) is 27.4 Å². The van der Waals surface area contributed by atoms with Gasteiger partial charge in [0.1, 0.15) is 5.69 Å². The van der Waals surface area contributed by atoms with Gasteiger partial charge in [-0.2, -0.15) is 13.5 Å². The van der Waals surface area contributed by atoms with Crippen molar-refractivity contribution in [1.29, 1.82) is 0 Å². The van der Waals surface area contributed by atoms with E-state index in [1.165, 1.54) is 18.2 Å². The summed E-state index contributed by atoms with van der Waals surface area (Å²) in [6.45, 7) is 0. The number of phenols is 1. The number of fused-ring (bicyclic) bond motifs is 1. The number of azo groups is 1. The lowest BCUT2D eigenvalue weighted by atomic mass is 10.1. The average molecular weight is 358 g/mol. The Bertz CT molecular complexity index is 1090. The molecule has 8 nitrogen and oxygen atoms in total. The van der Waals surface area contributed by atoms with Crippen molar-refractivity contribution in [3.05, 3.63) is 48.5 Å². The largest absolute Gasteiger partial charge is 0.505 e. The van der Waals surface area contributed by atoms with E-state index in [1.54, 1.807) is 24.3 Å². The molecular weight excluding hydrogens is 344 g/mol. The minimum atomic E-state index is -4.40. The summed E-state index contributed by atoms with van der Waals surface area (Å²) in [6, 6.07) is 11.9. The third kappa shape index (κ3) is 3.37. The van der Waals surface area contributed by atoms with Crippen LogP contribution in [0.2, 0.25) is 0 Å². The first-order chi connectivity index (χ1) is 11.8. The van der Waals surface area contributed by atoms with Gasteiger partial charge < -0.3 is 16.6 Å². The van der Waals surface area contributed by atoms with Gasteiger partial charge in [0.15, 0.2) is 5.75 Å². The zero-order valence-electron chi connectivity index (χ0n) is 12.8. The van der Waals surface area contributed by atoms with Gasteiger partial charge in [0.2, 0.25) is 0 Å². The molecule has 0 aromatic heterocycles. The van der Waals surface area contributed by atoms with E-state index in [2.05, 4.69) is 10.2 Å². The molecule has 0 amide bonds. The Hall–Kier alpha value is -3.17. The molecule has 0 unspecified atom stereocenters. The van der Waals surface area contributed by atoms with Crippen LogP contribution in [0.25, 0.3) is 10.8 Å². The molecule has 3 rings (SSSR count). The van der Waals surface area contributed by atoms with Crippen molar-refractivity contribution in [3.8, 4) is 5.75 Å². The number of aromatic hydroxyl groups is 1. The van der Waals surface area contributed by atoms with Crippen LogP contribution in [0.1, 0.15) is 0 Å². The number of phenolic OH excluding ortho intramolecular Hbond substituents is 1. The summed E-state index contributed by atoms with van der Waals surface area (Å²) in [5, 5.41) is 18.9. The van der Waals surface area contributed by atoms with E-state index < -0.39 is 10.1 Å². The average Bonchev–Trinajstić information content (AvgIpc) is 2.54. The summed E-state index contributed by atoms with van der Waals surface area (Å²) >= 11 is 0. The SMILES string of the molecule is Nc1ccc(N=Nc2ccc3cc(S(=O)(=O)O)cc(N)c3c2O)cc1.